The Morgan fingerprint density at radius 3 is 2.86 bits per heavy atom. The van der Waals surface area contributed by atoms with Gasteiger partial charge in [-0.15, -0.1) is 0 Å². The number of carbonyl (C=O) groups is 1. The van der Waals surface area contributed by atoms with Gasteiger partial charge in [0.05, 0.1) is 18.6 Å². The lowest BCUT2D eigenvalue weighted by atomic mass is 9.81. The van der Waals surface area contributed by atoms with Crippen molar-refractivity contribution in [3.8, 4) is 5.75 Å². The van der Waals surface area contributed by atoms with Gasteiger partial charge in [0, 0.05) is 12.1 Å². The van der Waals surface area contributed by atoms with E-state index in [1.807, 2.05) is 31.2 Å². The Balaban J connectivity index is 2.11. The van der Waals surface area contributed by atoms with Crippen molar-refractivity contribution in [2.75, 3.05) is 20.2 Å². The second-order valence-electron chi connectivity index (χ2n) is 5.89. The second kappa shape index (κ2) is 6.94. The van der Waals surface area contributed by atoms with Gasteiger partial charge in [0.15, 0.2) is 0 Å². The Bertz CT molecular complexity index is 481. The molecule has 1 aliphatic rings. The molecular weight excluding hydrogens is 264 g/mol. The number of carbonyl (C=O) groups excluding carboxylic acids is 1. The highest BCUT2D eigenvalue weighted by molar-refractivity contribution is 5.83. The number of ether oxygens (including phenoxy) is 1. The molecule has 21 heavy (non-hydrogen) atoms. The summed E-state index contributed by atoms with van der Waals surface area (Å²) < 4.78 is 5.38. The molecule has 0 spiro atoms. The van der Waals surface area contributed by atoms with Gasteiger partial charge in [-0.3, -0.25) is 4.79 Å². The highest BCUT2D eigenvalue weighted by Gasteiger charge is 2.40. The lowest BCUT2D eigenvalue weighted by Gasteiger charge is -2.29. The van der Waals surface area contributed by atoms with E-state index in [0.717, 1.165) is 43.7 Å². The maximum atomic E-state index is 12.7. The van der Waals surface area contributed by atoms with Crippen molar-refractivity contribution in [3.05, 3.63) is 29.8 Å². The lowest BCUT2D eigenvalue weighted by molar-refractivity contribution is -0.131. The zero-order valence-electron chi connectivity index (χ0n) is 13.2. The fourth-order valence-electron chi connectivity index (χ4n) is 3.19. The first-order chi connectivity index (χ1) is 10.1. The Labute approximate surface area is 127 Å². The van der Waals surface area contributed by atoms with Gasteiger partial charge in [0.1, 0.15) is 5.75 Å². The Morgan fingerprint density at radius 2 is 2.24 bits per heavy atom. The van der Waals surface area contributed by atoms with Crippen LogP contribution in [-0.4, -0.2) is 26.1 Å². The van der Waals surface area contributed by atoms with Crippen LogP contribution in [0.3, 0.4) is 0 Å². The monoisotopic (exact) mass is 290 g/mol. The first-order valence-electron chi connectivity index (χ1n) is 7.77. The molecule has 1 amide bonds. The maximum absolute atomic E-state index is 12.7. The first-order valence-corrected chi connectivity index (χ1v) is 7.77. The molecule has 1 unspecified atom stereocenters. The topological polar surface area (TPSA) is 50.4 Å². The third kappa shape index (κ3) is 3.38. The van der Waals surface area contributed by atoms with Gasteiger partial charge in [-0.25, -0.2) is 0 Å². The summed E-state index contributed by atoms with van der Waals surface area (Å²) in [5, 5.41) is 6.51. The van der Waals surface area contributed by atoms with Gasteiger partial charge in [-0.1, -0.05) is 31.5 Å². The molecule has 0 bridgehead atoms. The highest BCUT2D eigenvalue weighted by Crippen LogP contribution is 2.33. The van der Waals surface area contributed by atoms with E-state index < -0.39 is 0 Å². The zero-order chi connectivity index (χ0) is 15.3. The summed E-state index contributed by atoms with van der Waals surface area (Å²) in [6.07, 6.45) is 2.88. The van der Waals surface area contributed by atoms with E-state index >= 15 is 0 Å². The average molecular weight is 290 g/mol. The first kappa shape index (κ1) is 15.8. The fourth-order valence-corrected chi connectivity index (χ4v) is 3.19. The van der Waals surface area contributed by atoms with E-state index in [1.165, 1.54) is 0 Å². The summed E-state index contributed by atoms with van der Waals surface area (Å²) in [7, 11) is 1.66. The van der Waals surface area contributed by atoms with Crippen LogP contribution < -0.4 is 15.4 Å². The molecule has 1 aromatic rings. The smallest absolute Gasteiger partial charge is 0.228 e. The average Bonchev–Trinajstić information content (AvgIpc) is 2.97. The highest BCUT2D eigenvalue weighted by atomic mass is 16.5. The number of para-hydroxylation sites is 1. The molecule has 1 fully saturated rings. The molecule has 2 rings (SSSR count). The largest absolute Gasteiger partial charge is 0.496 e. The minimum Gasteiger partial charge on any atom is -0.496 e. The van der Waals surface area contributed by atoms with Crippen LogP contribution in [0.5, 0.6) is 5.75 Å². The Morgan fingerprint density at radius 1 is 1.48 bits per heavy atom. The summed E-state index contributed by atoms with van der Waals surface area (Å²) in [6, 6.07) is 7.79. The molecule has 1 saturated heterocycles. The standard InChI is InChI=1S/C17H26N2O2/c1-4-9-17(10-11-18-12-17)16(20)19-13(2)14-7-5-6-8-15(14)21-3/h5-8,13,18H,4,9-12H2,1-3H3,(H,19,20)/t13-,17?/m0/s1. The van der Waals surface area contributed by atoms with Crippen LogP contribution in [0.25, 0.3) is 0 Å². The van der Waals surface area contributed by atoms with Crippen LogP contribution in [0.15, 0.2) is 24.3 Å². The molecule has 2 atom stereocenters. The molecule has 0 aliphatic carbocycles. The van der Waals surface area contributed by atoms with E-state index in [9.17, 15) is 4.79 Å². The molecule has 1 heterocycles. The molecule has 2 N–H and O–H groups in total. The van der Waals surface area contributed by atoms with Crippen molar-refractivity contribution in [3.63, 3.8) is 0 Å². The zero-order valence-corrected chi connectivity index (χ0v) is 13.2. The van der Waals surface area contributed by atoms with Crippen LogP contribution in [0.1, 0.15) is 44.7 Å². The summed E-state index contributed by atoms with van der Waals surface area (Å²) in [5.41, 5.74) is 0.774. The Hall–Kier alpha value is -1.55. The van der Waals surface area contributed by atoms with E-state index in [0.29, 0.717) is 0 Å². The predicted octanol–water partition coefficient (Wildman–Crippen LogP) is 2.65. The SMILES string of the molecule is CCCC1(C(=O)N[C@@H](C)c2ccccc2OC)CCNC1. The molecule has 4 nitrogen and oxygen atoms in total. The lowest BCUT2D eigenvalue weighted by Crippen LogP contribution is -2.43. The van der Waals surface area contributed by atoms with Gasteiger partial charge in [0.2, 0.25) is 5.91 Å². The van der Waals surface area contributed by atoms with Crippen molar-refractivity contribution in [2.24, 2.45) is 5.41 Å². The maximum Gasteiger partial charge on any atom is 0.228 e. The number of methoxy groups -OCH3 is 1. The summed E-state index contributed by atoms with van der Waals surface area (Å²) in [6.45, 7) is 5.86. The normalized spacial score (nSPS) is 22.8. The van der Waals surface area contributed by atoms with Crippen LogP contribution in [0, 0.1) is 5.41 Å². The Kier molecular flexibility index (Phi) is 5.23. The number of rotatable bonds is 6. The van der Waals surface area contributed by atoms with Crippen LogP contribution >= 0.6 is 0 Å². The van der Waals surface area contributed by atoms with Gasteiger partial charge >= 0.3 is 0 Å². The quantitative estimate of drug-likeness (QED) is 0.847. The predicted molar refractivity (Wildman–Crippen MR) is 84.4 cm³/mol. The molecule has 1 aliphatic heterocycles. The van der Waals surface area contributed by atoms with E-state index in [1.54, 1.807) is 7.11 Å². The molecule has 0 radical (unpaired) electrons. The molecule has 0 saturated carbocycles. The van der Waals surface area contributed by atoms with Crippen molar-refractivity contribution >= 4 is 5.91 Å². The number of hydrogen-bond donors (Lipinski definition) is 2. The van der Waals surface area contributed by atoms with Gasteiger partial charge in [-0.2, -0.15) is 0 Å². The van der Waals surface area contributed by atoms with Crippen molar-refractivity contribution in [1.82, 2.24) is 10.6 Å². The summed E-state index contributed by atoms with van der Waals surface area (Å²) >= 11 is 0. The van der Waals surface area contributed by atoms with E-state index in [4.69, 9.17) is 4.74 Å². The number of amides is 1. The summed E-state index contributed by atoms with van der Waals surface area (Å²) in [4.78, 5) is 12.7. The number of hydrogen-bond acceptors (Lipinski definition) is 3. The van der Waals surface area contributed by atoms with Crippen molar-refractivity contribution in [2.45, 2.75) is 39.2 Å². The van der Waals surface area contributed by atoms with Crippen LogP contribution in [-0.2, 0) is 4.79 Å². The molecule has 0 aromatic heterocycles. The minimum absolute atomic E-state index is 0.0528. The minimum atomic E-state index is -0.245. The van der Waals surface area contributed by atoms with E-state index in [2.05, 4.69) is 17.6 Å². The third-order valence-corrected chi connectivity index (χ3v) is 4.41. The number of benzene rings is 1. The van der Waals surface area contributed by atoms with Crippen LogP contribution in [0.2, 0.25) is 0 Å². The number of nitrogens with one attached hydrogen (secondary N) is 2. The van der Waals surface area contributed by atoms with Crippen molar-refractivity contribution in [1.29, 1.82) is 0 Å². The van der Waals surface area contributed by atoms with Gasteiger partial charge < -0.3 is 15.4 Å². The van der Waals surface area contributed by atoms with Crippen LogP contribution in [0.4, 0.5) is 0 Å². The third-order valence-electron chi connectivity index (χ3n) is 4.41. The molecular formula is C17H26N2O2. The molecule has 4 heteroatoms. The van der Waals surface area contributed by atoms with Gasteiger partial charge in [-0.05, 0) is 32.4 Å². The van der Waals surface area contributed by atoms with Gasteiger partial charge in [0.25, 0.3) is 0 Å². The van der Waals surface area contributed by atoms with E-state index in [-0.39, 0.29) is 17.4 Å². The fraction of sp³-hybridized carbons (Fsp3) is 0.588. The molecule has 1 aromatic carbocycles. The summed E-state index contributed by atoms with van der Waals surface area (Å²) in [5.74, 6) is 0.979. The second-order valence-corrected chi connectivity index (χ2v) is 5.89. The van der Waals surface area contributed by atoms with Crippen molar-refractivity contribution < 1.29 is 9.53 Å². The molecule has 116 valence electrons.